The minimum absolute atomic E-state index is 0.354. The maximum atomic E-state index is 6.47. The van der Waals surface area contributed by atoms with E-state index in [1.807, 2.05) is 12.1 Å². The predicted molar refractivity (Wildman–Crippen MR) is 88.8 cm³/mol. The summed E-state index contributed by atoms with van der Waals surface area (Å²) in [5, 5.41) is 1.04. The van der Waals surface area contributed by atoms with Gasteiger partial charge in [-0.2, -0.15) is 12.6 Å². The number of imidazole rings is 1. The zero-order chi connectivity index (χ0) is 14.5. The summed E-state index contributed by atoms with van der Waals surface area (Å²) in [6.07, 6.45) is 4.62. The number of benzene rings is 1. The van der Waals surface area contributed by atoms with Crippen LogP contribution in [0.2, 0.25) is 5.02 Å². The third kappa shape index (κ3) is 3.88. The molecule has 0 aliphatic heterocycles. The Labute approximate surface area is 138 Å². The van der Waals surface area contributed by atoms with Crippen LogP contribution < -0.4 is 0 Å². The van der Waals surface area contributed by atoms with E-state index in [-0.39, 0.29) is 0 Å². The fourth-order valence-electron chi connectivity index (χ4n) is 1.69. The van der Waals surface area contributed by atoms with Gasteiger partial charge in [-0.3, -0.25) is 0 Å². The van der Waals surface area contributed by atoms with Crippen molar-refractivity contribution in [3.8, 4) is 0 Å². The summed E-state index contributed by atoms with van der Waals surface area (Å²) in [5.41, 5.74) is 0.406. The summed E-state index contributed by atoms with van der Waals surface area (Å²) in [6.45, 7) is 0. The summed E-state index contributed by atoms with van der Waals surface area (Å²) in [5.74, 6) is 0.354. The number of ether oxygens (including phenoxy) is 1. The molecule has 7 heteroatoms. The first kappa shape index (κ1) is 15.6. The van der Waals surface area contributed by atoms with Gasteiger partial charge in [-0.15, -0.1) is 0 Å². The second-order valence-corrected chi connectivity index (χ2v) is 5.66. The molecule has 0 aliphatic rings. The minimum atomic E-state index is -0.475. The van der Waals surface area contributed by atoms with Gasteiger partial charge in [0.15, 0.2) is 11.2 Å². The topological polar surface area (TPSA) is 27.1 Å². The molecule has 0 N–H and O–H groups in total. The Morgan fingerprint density at radius 2 is 2.10 bits per heavy atom. The van der Waals surface area contributed by atoms with Gasteiger partial charge in [0.25, 0.3) is 0 Å². The van der Waals surface area contributed by atoms with Gasteiger partial charge in [-0.05, 0) is 29.9 Å². The van der Waals surface area contributed by atoms with Crippen LogP contribution in [0, 0.1) is 0 Å². The van der Waals surface area contributed by atoms with E-state index in [4.69, 9.17) is 40.2 Å². The molecule has 2 atom stereocenters. The lowest BCUT2D eigenvalue weighted by Crippen LogP contribution is -2.18. The van der Waals surface area contributed by atoms with Gasteiger partial charge in [0.05, 0.1) is 12.1 Å². The molecule has 0 fully saturated rings. The molecule has 0 saturated carbocycles. The highest BCUT2D eigenvalue weighted by Gasteiger charge is 2.25. The molecule has 2 unspecified atom stereocenters. The first-order chi connectivity index (χ1) is 9.61. The van der Waals surface area contributed by atoms with Crippen molar-refractivity contribution < 1.29 is 4.74 Å². The smallest absolute Gasteiger partial charge is 0.170 e. The highest BCUT2D eigenvalue weighted by molar-refractivity contribution is 7.85. The molecule has 0 spiro atoms. The number of thiocarbonyl (C=S) groups is 1. The molecule has 0 aliphatic carbocycles. The van der Waals surface area contributed by atoms with Crippen molar-refractivity contribution in [3.05, 3.63) is 53.6 Å². The van der Waals surface area contributed by atoms with Gasteiger partial charge in [-0.1, -0.05) is 35.3 Å². The second kappa shape index (κ2) is 7.31. The number of halogens is 2. The van der Waals surface area contributed by atoms with Crippen molar-refractivity contribution in [2.75, 3.05) is 5.75 Å². The number of rotatable bonds is 5. The molecule has 20 heavy (non-hydrogen) atoms. The van der Waals surface area contributed by atoms with Crippen LogP contribution in [0.1, 0.15) is 17.2 Å². The standard InChI is InChI=1S/C13H12Cl2N2OS2/c14-10-3-1-9(2-4-10)12(18-11(20)7-19)13(15)17-6-5-16-8-17/h1-6,8,12-13,19H,7H2. The quantitative estimate of drug-likeness (QED) is 0.497. The summed E-state index contributed by atoms with van der Waals surface area (Å²) >= 11 is 21.6. The Balaban J connectivity index is 2.28. The molecule has 2 rings (SSSR count). The maximum Gasteiger partial charge on any atom is 0.170 e. The molecule has 106 valence electrons. The molecule has 1 heterocycles. The van der Waals surface area contributed by atoms with E-state index in [1.165, 1.54) is 0 Å². The molecule has 0 saturated heterocycles. The second-order valence-electron chi connectivity index (χ2n) is 4.00. The molecule has 1 aromatic heterocycles. The average molecular weight is 347 g/mol. The zero-order valence-electron chi connectivity index (χ0n) is 10.3. The molecule has 0 bridgehead atoms. The van der Waals surface area contributed by atoms with Crippen molar-refractivity contribution in [3.63, 3.8) is 0 Å². The summed E-state index contributed by atoms with van der Waals surface area (Å²) in [4.78, 5) is 3.99. The number of alkyl halides is 1. The summed E-state index contributed by atoms with van der Waals surface area (Å²) in [7, 11) is 0. The fraction of sp³-hybridized carbons (Fsp3) is 0.231. The lowest BCUT2D eigenvalue weighted by Gasteiger charge is -2.24. The van der Waals surface area contributed by atoms with Crippen LogP contribution in [0.3, 0.4) is 0 Å². The van der Waals surface area contributed by atoms with Gasteiger partial charge in [-0.25, -0.2) is 4.98 Å². The van der Waals surface area contributed by atoms with Gasteiger partial charge < -0.3 is 9.30 Å². The molecule has 0 radical (unpaired) electrons. The number of thiol groups is 1. The van der Waals surface area contributed by atoms with E-state index < -0.39 is 11.6 Å². The number of aromatic nitrogens is 2. The Morgan fingerprint density at radius 1 is 1.40 bits per heavy atom. The van der Waals surface area contributed by atoms with Crippen molar-refractivity contribution >= 4 is 53.1 Å². The van der Waals surface area contributed by atoms with Gasteiger partial charge in [0, 0.05) is 17.4 Å². The minimum Gasteiger partial charge on any atom is -0.475 e. The van der Waals surface area contributed by atoms with Crippen LogP contribution >= 0.6 is 48.0 Å². The Kier molecular flexibility index (Phi) is 5.72. The van der Waals surface area contributed by atoms with E-state index >= 15 is 0 Å². The molecule has 2 aromatic rings. The Hall–Kier alpha value is -0.750. The Morgan fingerprint density at radius 3 is 2.65 bits per heavy atom. The van der Waals surface area contributed by atoms with Crippen LogP contribution in [0.4, 0.5) is 0 Å². The molecule has 0 amide bonds. The van der Waals surface area contributed by atoms with Crippen LogP contribution in [-0.2, 0) is 4.74 Å². The number of hydrogen-bond donors (Lipinski definition) is 1. The number of hydrogen-bond acceptors (Lipinski definition) is 4. The highest BCUT2D eigenvalue weighted by atomic mass is 35.5. The van der Waals surface area contributed by atoms with Gasteiger partial charge in [0.1, 0.15) is 5.50 Å². The van der Waals surface area contributed by atoms with Crippen molar-refractivity contribution in [1.29, 1.82) is 0 Å². The first-order valence-corrected chi connectivity index (χ1v) is 7.64. The summed E-state index contributed by atoms with van der Waals surface area (Å²) in [6, 6.07) is 7.30. The SMILES string of the molecule is S=C(CS)OC(c1ccc(Cl)cc1)C(Cl)n1ccnc1. The van der Waals surface area contributed by atoms with Crippen LogP contribution in [0.15, 0.2) is 43.0 Å². The summed E-state index contributed by atoms with van der Waals surface area (Å²) < 4.78 is 7.49. The van der Waals surface area contributed by atoms with Crippen LogP contribution in [0.25, 0.3) is 0 Å². The van der Waals surface area contributed by atoms with E-state index in [0.29, 0.717) is 15.8 Å². The predicted octanol–water partition coefficient (Wildman–Crippen LogP) is 4.29. The van der Waals surface area contributed by atoms with Crippen molar-refractivity contribution in [1.82, 2.24) is 9.55 Å². The molecular formula is C13H12Cl2N2OS2. The third-order valence-electron chi connectivity index (χ3n) is 2.65. The van der Waals surface area contributed by atoms with E-state index in [0.717, 1.165) is 5.56 Å². The lowest BCUT2D eigenvalue weighted by atomic mass is 10.1. The van der Waals surface area contributed by atoms with Gasteiger partial charge in [0.2, 0.25) is 0 Å². The monoisotopic (exact) mass is 346 g/mol. The molecule has 3 nitrogen and oxygen atoms in total. The fourth-order valence-corrected chi connectivity index (χ4v) is 2.30. The van der Waals surface area contributed by atoms with E-state index in [2.05, 4.69) is 17.6 Å². The normalized spacial score (nSPS) is 13.8. The Bertz CT molecular complexity index is 560. The maximum absolute atomic E-state index is 6.47. The molecule has 1 aromatic carbocycles. The van der Waals surface area contributed by atoms with Crippen molar-refractivity contribution in [2.24, 2.45) is 0 Å². The number of nitrogens with zero attached hydrogens (tertiary/aromatic N) is 2. The van der Waals surface area contributed by atoms with Crippen molar-refractivity contribution in [2.45, 2.75) is 11.6 Å². The van der Waals surface area contributed by atoms with Gasteiger partial charge >= 0.3 is 0 Å². The van der Waals surface area contributed by atoms with Crippen LogP contribution in [-0.4, -0.2) is 20.4 Å². The lowest BCUT2D eigenvalue weighted by molar-refractivity contribution is 0.167. The van der Waals surface area contributed by atoms with E-state index in [1.54, 1.807) is 35.4 Å². The largest absolute Gasteiger partial charge is 0.475 e. The zero-order valence-corrected chi connectivity index (χ0v) is 13.5. The average Bonchev–Trinajstić information content (AvgIpc) is 2.99. The van der Waals surface area contributed by atoms with Crippen LogP contribution in [0.5, 0.6) is 0 Å². The molecular weight excluding hydrogens is 335 g/mol. The highest BCUT2D eigenvalue weighted by Crippen LogP contribution is 2.34. The third-order valence-corrected chi connectivity index (χ3v) is 4.09. The van der Waals surface area contributed by atoms with E-state index in [9.17, 15) is 0 Å². The first-order valence-electron chi connectivity index (χ1n) is 5.79.